The van der Waals surface area contributed by atoms with E-state index >= 15 is 0 Å². The van der Waals surface area contributed by atoms with E-state index in [1.54, 1.807) is 0 Å². The average Bonchev–Trinajstić information content (AvgIpc) is 2.12. The molecule has 0 aromatic heterocycles. The van der Waals surface area contributed by atoms with E-state index in [4.69, 9.17) is 5.73 Å². The van der Waals surface area contributed by atoms with Crippen LogP contribution in [0.15, 0.2) is 16.6 Å². The molecule has 2 nitrogen and oxygen atoms in total. The van der Waals surface area contributed by atoms with Gasteiger partial charge in [0.2, 0.25) is 0 Å². The maximum absolute atomic E-state index is 9.77. The highest BCUT2D eigenvalue weighted by molar-refractivity contribution is 9.10. The van der Waals surface area contributed by atoms with E-state index in [1.165, 1.54) is 0 Å². The SMILES string of the molecule is CC[C@@H](N)c1c(Br)ccc(C)c1O. The highest BCUT2D eigenvalue weighted by Crippen LogP contribution is 2.34. The van der Waals surface area contributed by atoms with Gasteiger partial charge < -0.3 is 10.8 Å². The molecule has 0 bridgehead atoms. The van der Waals surface area contributed by atoms with Crippen molar-refractivity contribution in [3.63, 3.8) is 0 Å². The van der Waals surface area contributed by atoms with Crippen molar-refractivity contribution in [3.8, 4) is 5.75 Å². The predicted octanol–water partition coefficient (Wildman–Crippen LogP) is 2.87. The summed E-state index contributed by atoms with van der Waals surface area (Å²) in [5.74, 6) is 0.309. The Bertz CT molecular complexity index is 312. The zero-order chi connectivity index (χ0) is 10.0. The number of hydrogen-bond donors (Lipinski definition) is 2. The van der Waals surface area contributed by atoms with Gasteiger partial charge in [-0.05, 0) is 25.0 Å². The Hall–Kier alpha value is -0.540. The molecule has 0 aliphatic heterocycles. The van der Waals surface area contributed by atoms with E-state index in [9.17, 15) is 5.11 Å². The van der Waals surface area contributed by atoms with Crippen LogP contribution < -0.4 is 5.73 Å². The fourth-order valence-corrected chi connectivity index (χ4v) is 1.86. The monoisotopic (exact) mass is 243 g/mol. The Balaban J connectivity index is 3.25. The summed E-state index contributed by atoms with van der Waals surface area (Å²) in [7, 11) is 0. The molecular weight excluding hydrogens is 230 g/mol. The number of halogens is 1. The van der Waals surface area contributed by atoms with Gasteiger partial charge in [-0.15, -0.1) is 0 Å². The van der Waals surface area contributed by atoms with Gasteiger partial charge in [0.05, 0.1) is 0 Å². The molecule has 0 saturated heterocycles. The molecule has 0 aliphatic rings. The lowest BCUT2D eigenvalue weighted by Gasteiger charge is -2.14. The van der Waals surface area contributed by atoms with Crippen LogP contribution in [-0.2, 0) is 0 Å². The summed E-state index contributed by atoms with van der Waals surface area (Å²) in [4.78, 5) is 0. The molecule has 0 radical (unpaired) electrons. The lowest BCUT2D eigenvalue weighted by Crippen LogP contribution is -2.10. The largest absolute Gasteiger partial charge is 0.507 e. The number of phenolic OH excluding ortho intramolecular Hbond substituents is 1. The topological polar surface area (TPSA) is 46.2 Å². The molecule has 1 aromatic rings. The summed E-state index contributed by atoms with van der Waals surface area (Å²) in [5.41, 5.74) is 7.55. The van der Waals surface area contributed by atoms with Gasteiger partial charge in [-0.3, -0.25) is 0 Å². The summed E-state index contributed by atoms with van der Waals surface area (Å²) in [6.45, 7) is 3.87. The Labute approximate surface area is 86.9 Å². The molecule has 0 aliphatic carbocycles. The molecule has 1 rings (SSSR count). The predicted molar refractivity (Wildman–Crippen MR) is 57.8 cm³/mol. The lowest BCUT2D eigenvalue weighted by atomic mass is 10.0. The molecule has 1 aromatic carbocycles. The van der Waals surface area contributed by atoms with Crippen LogP contribution in [0.2, 0.25) is 0 Å². The van der Waals surface area contributed by atoms with Crippen molar-refractivity contribution in [3.05, 3.63) is 27.7 Å². The van der Waals surface area contributed by atoms with Gasteiger partial charge in [-0.25, -0.2) is 0 Å². The standard InChI is InChI=1S/C10H14BrNO/c1-3-8(12)9-7(11)5-4-6(2)10(9)13/h4-5,8,13H,3,12H2,1-2H3/t8-/m1/s1. The van der Waals surface area contributed by atoms with Crippen molar-refractivity contribution in [2.45, 2.75) is 26.3 Å². The zero-order valence-electron chi connectivity index (χ0n) is 7.84. The Morgan fingerprint density at radius 3 is 2.69 bits per heavy atom. The van der Waals surface area contributed by atoms with Crippen molar-refractivity contribution < 1.29 is 5.11 Å². The first-order valence-electron chi connectivity index (χ1n) is 4.31. The molecule has 0 saturated carbocycles. The van der Waals surface area contributed by atoms with E-state index in [0.29, 0.717) is 5.75 Å². The number of rotatable bonds is 2. The van der Waals surface area contributed by atoms with Crippen molar-refractivity contribution in [2.75, 3.05) is 0 Å². The zero-order valence-corrected chi connectivity index (χ0v) is 9.43. The molecular formula is C10H14BrNO. The molecule has 13 heavy (non-hydrogen) atoms. The van der Waals surface area contributed by atoms with Crippen molar-refractivity contribution in [1.29, 1.82) is 0 Å². The third kappa shape index (κ3) is 2.03. The van der Waals surface area contributed by atoms with Crippen LogP contribution in [0.4, 0.5) is 0 Å². The molecule has 0 heterocycles. The van der Waals surface area contributed by atoms with Crippen molar-refractivity contribution in [1.82, 2.24) is 0 Å². The van der Waals surface area contributed by atoms with Gasteiger partial charge in [-0.1, -0.05) is 28.9 Å². The number of hydrogen-bond acceptors (Lipinski definition) is 2. The van der Waals surface area contributed by atoms with Crippen molar-refractivity contribution in [2.24, 2.45) is 5.73 Å². The maximum atomic E-state index is 9.77. The molecule has 0 unspecified atom stereocenters. The first-order valence-corrected chi connectivity index (χ1v) is 5.10. The molecule has 72 valence electrons. The van der Waals surface area contributed by atoms with Crippen LogP contribution >= 0.6 is 15.9 Å². The van der Waals surface area contributed by atoms with Crippen LogP contribution in [0.5, 0.6) is 5.75 Å². The first-order chi connectivity index (χ1) is 6.07. The third-order valence-corrected chi connectivity index (χ3v) is 2.87. The first kappa shape index (κ1) is 10.5. The number of benzene rings is 1. The Morgan fingerprint density at radius 1 is 1.54 bits per heavy atom. The quantitative estimate of drug-likeness (QED) is 0.840. The van der Waals surface area contributed by atoms with Crippen molar-refractivity contribution >= 4 is 15.9 Å². The minimum absolute atomic E-state index is 0.103. The van der Waals surface area contributed by atoms with E-state index in [2.05, 4.69) is 15.9 Å². The van der Waals surface area contributed by atoms with Crippen LogP contribution in [0.3, 0.4) is 0 Å². The lowest BCUT2D eigenvalue weighted by molar-refractivity contribution is 0.455. The second-order valence-corrected chi connectivity index (χ2v) is 4.00. The molecule has 0 spiro atoms. The fraction of sp³-hybridized carbons (Fsp3) is 0.400. The summed E-state index contributed by atoms with van der Waals surface area (Å²) >= 11 is 3.38. The second-order valence-electron chi connectivity index (χ2n) is 3.14. The third-order valence-electron chi connectivity index (χ3n) is 2.18. The molecule has 0 amide bonds. The average molecular weight is 244 g/mol. The number of aromatic hydroxyl groups is 1. The van der Waals surface area contributed by atoms with Gasteiger partial charge in [0.15, 0.2) is 0 Å². The molecule has 1 atom stereocenters. The minimum atomic E-state index is -0.103. The minimum Gasteiger partial charge on any atom is -0.507 e. The van der Waals surface area contributed by atoms with Gasteiger partial charge >= 0.3 is 0 Å². The summed E-state index contributed by atoms with van der Waals surface area (Å²) in [6.07, 6.45) is 0.815. The van der Waals surface area contributed by atoms with E-state index in [-0.39, 0.29) is 6.04 Å². The Morgan fingerprint density at radius 2 is 2.15 bits per heavy atom. The molecule has 3 N–H and O–H groups in total. The van der Waals surface area contributed by atoms with Gasteiger partial charge in [0.1, 0.15) is 5.75 Å². The Kier molecular flexibility index (Phi) is 3.33. The van der Waals surface area contributed by atoms with Crippen LogP contribution in [0.1, 0.15) is 30.5 Å². The highest BCUT2D eigenvalue weighted by Gasteiger charge is 2.14. The summed E-state index contributed by atoms with van der Waals surface area (Å²) in [5, 5.41) is 9.77. The van der Waals surface area contributed by atoms with Gasteiger partial charge in [0, 0.05) is 16.1 Å². The number of aryl methyl sites for hydroxylation is 1. The van der Waals surface area contributed by atoms with Gasteiger partial charge in [-0.2, -0.15) is 0 Å². The summed E-state index contributed by atoms with van der Waals surface area (Å²) < 4.78 is 0.880. The highest BCUT2D eigenvalue weighted by atomic mass is 79.9. The smallest absolute Gasteiger partial charge is 0.124 e. The van der Waals surface area contributed by atoms with E-state index in [0.717, 1.165) is 22.0 Å². The van der Waals surface area contributed by atoms with Crippen LogP contribution in [0.25, 0.3) is 0 Å². The maximum Gasteiger partial charge on any atom is 0.124 e. The van der Waals surface area contributed by atoms with E-state index in [1.807, 2.05) is 26.0 Å². The van der Waals surface area contributed by atoms with Crippen LogP contribution in [-0.4, -0.2) is 5.11 Å². The number of nitrogens with two attached hydrogens (primary N) is 1. The van der Waals surface area contributed by atoms with Crippen LogP contribution in [0, 0.1) is 6.92 Å². The number of phenols is 1. The second kappa shape index (κ2) is 4.11. The normalized spacial score (nSPS) is 12.9. The van der Waals surface area contributed by atoms with E-state index < -0.39 is 0 Å². The summed E-state index contributed by atoms with van der Waals surface area (Å²) in [6, 6.07) is 3.68. The fourth-order valence-electron chi connectivity index (χ4n) is 1.25. The van der Waals surface area contributed by atoms with Gasteiger partial charge in [0.25, 0.3) is 0 Å². The molecule has 3 heteroatoms. The molecule has 0 fully saturated rings.